The van der Waals surface area contributed by atoms with E-state index in [4.69, 9.17) is 15.2 Å². The van der Waals surface area contributed by atoms with Gasteiger partial charge >= 0.3 is 0 Å². The highest BCUT2D eigenvalue weighted by Crippen LogP contribution is 2.20. The number of methoxy groups -OCH3 is 1. The molecule has 3 nitrogen and oxygen atoms in total. The van der Waals surface area contributed by atoms with Crippen LogP contribution in [-0.4, -0.2) is 26.4 Å². The van der Waals surface area contributed by atoms with Gasteiger partial charge in [0, 0.05) is 19.3 Å². The minimum Gasteiger partial charge on any atom is -0.497 e. The van der Waals surface area contributed by atoms with Crippen LogP contribution >= 0.6 is 0 Å². The third-order valence-corrected chi connectivity index (χ3v) is 3.29. The summed E-state index contributed by atoms with van der Waals surface area (Å²) in [6.07, 6.45) is 3.12. The average molecular weight is 235 g/mol. The molecule has 0 aliphatic carbocycles. The summed E-state index contributed by atoms with van der Waals surface area (Å²) in [5.74, 6) is 1.55. The first-order chi connectivity index (χ1) is 8.28. The van der Waals surface area contributed by atoms with Crippen LogP contribution in [0.25, 0.3) is 0 Å². The molecule has 0 aromatic heterocycles. The van der Waals surface area contributed by atoms with Gasteiger partial charge in [-0.15, -0.1) is 0 Å². The second-order valence-electron chi connectivity index (χ2n) is 4.78. The van der Waals surface area contributed by atoms with E-state index in [2.05, 4.69) is 12.1 Å². The summed E-state index contributed by atoms with van der Waals surface area (Å²) >= 11 is 0. The van der Waals surface area contributed by atoms with Crippen LogP contribution < -0.4 is 10.5 Å². The van der Waals surface area contributed by atoms with E-state index < -0.39 is 0 Å². The van der Waals surface area contributed by atoms with Gasteiger partial charge < -0.3 is 15.2 Å². The molecule has 1 aromatic rings. The number of nitrogens with two attached hydrogens (primary N) is 1. The molecule has 1 aromatic carbocycles. The Bertz CT molecular complexity index is 348. The molecular weight excluding hydrogens is 214 g/mol. The van der Waals surface area contributed by atoms with E-state index in [1.807, 2.05) is 12.1 Å². The predicted octanol–water partition coefficient (Wildman–Crippen LogP) is 1.99. The fourth-order valence-electron chi connectivity index (χ4n) is 2.38. The molecule has 1 aliphatic rings. The van der Waals surface area contributed by atoms with Gasteiger partial charge in [-0.1, -0.05) is 12.1 Å². The molecule has 0 radical (unpaired) electrons. The first kappa shape index (κ1) is 12.4. The molecule has 94 valence electrons. The Hall–Kier alpha value is -1.06. The Morgan fingerprint density at radius 2 is 2.41 bits per heavy atom. The molecule has 1 fully saturated rings. The van der Waals surface area contributed by atoms with Crippen molar-refractivity contribution < 1.29 is 9.47 Å². The van der Waals surface area contributed by atoms with Crippen molar-refractivity contribution in [2.45, 2.75) is 25.3 Å². The van der Waals surface area contributed by atoms with Gasteiger partial charge in [-0.05, 0) is 42.9 Å². The minimum atomic E-state index is 0.216. The number of hydrogen-bond acceptors (Lipinski definition) is 3. The first-order valence-electron chi connectivity index (χ1n) is 6.24. The van der Waals surface area contributed by atoms with Crippen molar-refractivity contribution in [2.24, 2.45) is 11.7 Å². The highest BCUT2D eigenvalue weighted by atomic mass is 16.5. The summed E-state index contributed by atoms with van der Waals surface area (Å²) in [5.41, 5.74) is 7.43. The quantitative estimate of drug-likeness (QED) is 0.849. The van der Waals surface area contributed by atoms with E-state index in [1.165, 1.54) is 5.56 Å². The maximum atomic E-state index is 6.18. The molecule has 3 heteroatoms. The Labute approximate surface area is 103 Å². The molecule has 1 heterocycles. The molecule has 0 saturated carbocycles. The molecule has 0 bridgehead atoms. The smallest absolute Gasteiger partial charge is 0.119 e. The van der Waals surface area contributed by atoms with E-state index in [-0.39, 0.29) is 6.04 Å². The highest BCUT2D eigenvalue weighted by Gasteiger charge is 2.18. The summed E-state index contributed by atoms with van der Waals surface area (Å²) in [7, 11) is 1.69. The van der Waals surface area contributed by atoms with Gasteiger partial charge in [0.25, 0.3) is 0 Å². The van der Waals surface area contributed by atoms with Gasteiger partial charge in [0.1, 0.15) is 5.75 Å². The largest absolute Gasteiger partial charge is 0.497 e. The lowest BCUT2D eigenvalue weighted by Crippen LogP contribution is -2.26. The maximum Gasteiger partial charge on any atom is 0.119 e. The summed E-state index contributed by atoms with van der Waals surface area (Å²) < 4.78 is 10.6. The van der Waals surface area contributed by atoms with Crippen LogP contribution in [0.15, 0.2) is 24.3 Å². The average Bonchev–Trinajstić information content (AvgIpc) is 2.82. The molecule has 2 rings (SSSR count). The molecular formula is C14H21NO2. The van der Waals surface area contributed by atoms with Crippen molar-refractivity contribution in [1.29, 1.82) is 0 Å². The van der Waals surface area contributed by atoms with Crippen molar-refractivity contribution in [3.05, 3.63) is 29.8 Å². The topological polar surface area (TPSA) is 44.5 Å². The lowest BCUT2D eigenvalue weighted by molar-refractivity contribution is 0.182. The van der Waals surface area contributed by atoms with Gasteiger partial charge in [0.15, 0.2) is 0 Å². The van der Waals surface area contributed by atoms with Gasteiger partial charge in [-0.2, -0.15) is 0 Å². The normalized spacial score (nSPS) is 21.4. The van der Waals surface area contributed by atoms with Crippen LogP contribution in [0.3, 0.4) is 0 Å². The van der Waals surface area contributed by atoms with Crippen molar-refractivity contribution in [3.8, 4) is 5.75 Å². The van der Waals surface area contributed by atoms with Crippen LogP contribution in [0.5, 0.6) is 5.75 Å². The summed E-state index contributed by atoms with van der Waals surface area (Å²) in [4.78, 5) is 0. The first-order valence-corrected chi connectivity index (χ1v) is 6.24. The molecule has 2 N–H and O–H groups in total. The van der Waals surface area contributed by atoms with E-state index in [1.54, 1.807) is 7.11 Å². The van der Waals surface area contributed by atoms with Crippen LogP contribution in [0.2, 0.25) is 0 Å². The zero-order valence-electron chi connectivity index (χ0n) is 10.4. The second-order valence-corrected chi connectivity index (χ2v) is 4.78. The minimum absolute atomic E-state index is 0.216. The van der Waals surface area contributed by atoms with Crippen LogP contribution in [0, 0.1) is 5.92 Å². The second kappa shape index (κ2) is 6.03. The van der Waals surface area contributed by atoms with Crippen molar-refractivity contribution in [2.75, 3.05) is 20.3 Å². The molecule has 1 aliphatic heterocycles. The van der Waals surface area contributed by atoms with Gasteiger partial charge in [-0.25, -0.2) is 0 Å². The van der Waals surface area contributed by atoms with Crippen LogP contribution in [-0.2, 0) is 11.2 Å². The number of benzene rings is 1. The molecule has 0 amide bonds. The standard InChI is InChI=1S/C14H21NO2/c1-16-14-4-2-3-11(9-14)7-13(15)8-12-5-6-17-10-12/h2-4,9,12-13H,5-8,10,15H2,1H3. The molecule has 2 unspecified atom stereocenters. The summed E-state index contributed by atoms with van der Waals surface area (Å²) in [6, 6.07) is 8.35. The fourth-order valence-corrected chi connectivity index (χ4v) is 2.38. The van der Waals surface area contributed by atoms with E-state index in [0.29, 0.717) is 5.92 Å². The van der Waals surface area contributed by atoms with Crippen LogP contribution in [0.1, 0.15) is 18.4 Å². The van der Waals surface area contributed by atoms with Crippen molar-refractivity contribution in [3.63, 3.8) is 0 Å². The fraction of sp³-hybridized carbons (Fsp3) is 0.571. The van der Waals surface area contributed by atoms with Gasteiger partial charge in [0.05, 0.1) is 7.11 Å². The Kier molecular flexibility index (Phi) is 4.40. The highest BCUT2D eigenvalue weighted by molar-refractivity contribution is 5.28. The van der Waals surface area contributed by atoms with E-state index >= 15 is 0 Å². The lowest BCUT2D eigenvalue weighted by Gasteiger charge is -2.15. The zero-order chi connectivity index (χ0) is 12.1. The van der Waals surface area contributed by atoms with Crippen molar-refractivity contribution >= 4 is 0 Å². The zero-order valence-corrected chi connectivity index (χ0v) is 10.4. The lowest BCUT2D eigenvalue weighted by atomic mass is 9.95. The molecule has 17 heavy (non-hydrogen) atoms. The van der Waals surface area contributed by atoms with Gasteiger partial charge in [-0.3, -0.25) is 0 Å². The van der Waals surface area contributed by atoms with E-state index in [9.17, 15) is 0 Å². The summed E-state index contributed by atoms with van der Waals surface area (Å²) in [5, 5.41) is 0. The van der Waals surface area contributed by atoms with Gasteiger partial charge in [0.2, 0.25) is 0 Å². The van der Waals surface area contributed by atoms with E-state index in [0.717, 1.165) is 38.2 Å². The maximum absolute atomic E-state index is 6.18. The third-order valence-electron chi connectivity index (χ3n) is 3.29. The molecule has 1 saturated heterocycles. The SMILES string of the molecule is COc1cccc(CC(N)CC2CCOC2)c1. The van der Waals surface area contributed by atoms with Crippen LogP contribution in [0.4, 0.5) is 0 Å². The Morgan fingerprint density at radius 1 is 1.53 bits per heavy atom. The molecule has 2 atom stereocenters. The number of hydrogen-bond donors (Lipinski definition) is 1. The Balaban J connectivity index is 1.85. The van der Waals surface area contributed by atoms with Crippen molar-refractivity contribution in [1.82, 2.24) is 0 Å². The number of rotatable bonds is 5. The Morgan fingerprint density at radius 3 is 3.12 bits per heavy atom. The number of ether oxygens (including phenoxy) is 2. The monoisotopic (exact) mass is 235 g/mol. The predicted molar refractivity (Wildman–Crippen MR) is 68.2 cm³/mol. The third kappa shape index (κ3) is 3.72. The summed E-state index contributed by atoms with van der Waals surface area (Å²) in [6.45, 7) is 1.78. The molecule has 0 spiro atoms.